The molecule has 1 heterocycles. The summed E-state index contributed by atoms with van der Waals surface area (Å²) in [5.41, 5.74) is 1.05. The maximum atomic E-state index is 6.10. The maximum absolute atomic E-state index is 6.10. The van der Waals surface area contributed by atoms with Crippen molar-refractivity contribution in [2.45, 2.75) is 57.1 Å². The van der Waals surface area contributed by atoms with Crippen molar-refractivity contribution in [2.24, 2.45) is 0 Å². The minimum absolute atomic E-state index is 0.139. The lowest BCUT2D eigenvalue weighted by Gasteiger charge is -2.33. The van der Waals surface area contributed by atoms with E-state index in [-0.39, 0.29) is 5.60 Å². The first-order valence-electron chi connectivity index (χ1n) is 8.70. The average molecular weight is 303 g/mol. The van der Waals surface area contributed by atoms with Crippen LogP contribution in [0.1, 0.15) is 44.1 Å². The lowest BCUT2D eigenvalue weighted by molar-refractivity contribution is -0.0390. The van der Waals surface area contributed by atoms with E-state index in [4.69, 9.17) is 9.47 Å². The first-order valence-corrected chi connectivity index (χ1v) is 8.70. The van der Waals surface area contributed by atoms with Crippen LogP contribution in [0.4, 0.5) is 0 Å². The summed E-state index contributed by atoms with van der Waals surface area (Å²) in [4.78, 5) is 2.64. The van der Waals surface area contributed by atoms with E-state index in [9.17, 15) is 0 Å². The van der Waals surface area contributed by atoms with Gasteiger partial charge in [0.25, 0.3) is 0 Å². The van der Waals surface area contributed by atoms with Crippen LogP contribution in [0.3, 0.4) is 0 Å². The molecule has 0 aromatic heterocycles. The predicted molar refractivity (Wildman–Crippen MR) is 89.5 cm³/mol. The zero-order valence-corrected chi connectivity index (χ0v) is 14.0. The zero-order chi connectivity index (χ0) is 15.4. The van der Waals surface area contributed by atoms with Crippen LogP contribution in [0.15, 0.2) is 24.3 Å². The van der Waals surface area contributed by atoms with E-state index in [2.05, 4.69) is 24.0 Å². The highest BCUT2D eigenvalue weighted by Gasteiger charge is 2.41. The number of para-hydroxylation sites is 1. The van der Waals surface area contributed by atoms with Gasteiger partial charge in [0.2, 0.25) is 0 Å². The van der Waals surface area contributed by atoms with Gasteiger partial charge in [-0.1, -0.05) is 37.5 Å². The minimum Gasteiger partial charge on any atom is -0.490 e. The lowest BCUT2D eigenvalue weighted by Crippen LogP contribution is -2.44. The van der Waals surface area contributed by atoms with Gasteiger partial charge in [0.05, 0.1) is 0 Å². The largest absolute Gasteiger partial charge is 0.490 e. The van der Waals surface area contributed by atoms with Crippen molar-refractivity contribution in [1.82, 2.24) is 4.90 Å². The first kappa shape index (κ1) is 15.8. The van der Waals surface area contributed by atoms with E-state index in [1.807, 2.05) is 19.2 Å². The summed E-state index contributed by atoms with van der Waals surface area (Å²) in [5, 5.41) is 0. The molecule has 0 bridgehead atoms. The smallest absolute Gasteiger partial charge is 0.122 e. The predicted octanol–water partition coefficient (Wildman–Crippen LogP) is 3.80. The number of rotatable bonds is 5. The van der Waals surface area contributed by atoms with E-state index < -0.39 is 0 Å². The number of aryl methyl sites for hydroxylation is 1. The quantitative estimate of drug-likeness (QED) is 0.826. The Balaban J connectivity index is 1.60. The van der Waals surface area contributed by atoms with Crippen molar-refractivity contribution in [1.29, 1.82) is 0 Å². The van der Waals surface area contributed by atoms with Gasteiger partial charge in [-0.3, -0.25) is 4.90 Å². The topological polar surface area (TPSA) is 21.7 Å². The summed E-state index contributed by atoms with van der Waals surface area (Å²) >= 11 is 0. The van der Waals surface area contributed by atoms with Gasteiger partial charge in [-0.25, -0.2) is 0 Å². The number of hydrogen-bond donors (Lipinski definition) is 0. The van der Waals surface area contributed by atoms with Gasteiger partial charge < -0.3 is 9.47 Å². The molecule has 1 aromatic carbocycles. The zero-order valence-electron chi connectivity index (χ0n) is 14.0. The highest BCUT2D eigenvalue weighted by Crippen LogP contribution is 2.32. The number of hydrogen-bond acceptors (Lipinski definition) is 3. The Hall–Kier alpha value is -1.06. The van der Waals surface area contributed by atoms with Gasteiger partial charge in [0, 0.05) is 26.2 Å². The van der Waals surface area contributed by atoms with E-state index in [0.717, 1.165) is 31.3 Å². The van der Waals surface area contributed by atoms with E-state index >= 15 is 0 Å². The van der Waals surface area contributed by atoms with Crippen molar-refractivity contribution in [3.8, 4) is 5.75 Å². The molecule has 0 N–H and O–H groups in total. The molecule has 122 valence electrons. The molecule has 3 rings (SSSR count). The average Bonchev–Trinajstić information content (AvgIpc) is 3.00. The van der Waals surface area contributed by atoms with Crippen LogP contribution in [0.5, 0.6) is 5.75 Å². The number of benzene rings is 1. The van der Waals surface area contributed by atoms with Crippen LogP contribution in [-0.2, 0) is 4.74 Å². The molecule has 1 saturated heterocycles. The van der Waals surface area contributed by atoms with Crippen molar-refractivity contribution in [3.05, 3.63) is 29.8 Å². The van der Waals surface area contributed by atoms with E-state index in [1.165, 1.54) is 37.7 Å². The molecule has 0 spiro atoms. The fraction of sp³-hybridized carbons (Fsp3) is 0.684. The van der Waals surface area contributed by atoms with Crippen molar-refractivity contribution in [3.63, 3.8) is 0 Å². The highest BCUT2D eigenvalue weighted by atomic mass is 16.5. The molecule has 2 aliphatic rings. The van der Waals surface area contributed by atoms with Crippen molar-refractivity contribution < 1.29 is 9.47 Å². The SMILES string of the molecule is COC1(COc2ccccc2C)CCN(C2CCCCC2)C1. The van der Waals surface area contributed by atoms with Gasteiger partial charge in [-0.2, -0.15) is 0 Å². The molecule has 1 aliphatic heterocycles. The molecular weight excluding hydrogens is 274 g/mol. The Kier molecular flexibility index (Phi) is 5.04. The Labute approximate surface area is 134 Å². The molecule has 3 heteroatoms. The van der Waals surface area contributed by atoms with Crippen molar-refractivity contribution in [2.75, 3.05) is 26.8 Å². The Morgan fingerprint density at radius 1 is 1.18 bits per heavy atom. The molecule has 3 nitrogen and oxygen atoms in total. The van der Waals surface area contributed by atoms with Crippen LogP contribution in [-0.4, -0.2) is 43.3 Å². The molecule has 1 unspecified atom stereocenters. The fourth-order valence-corrected chi connectivity index (χ4v) is 3.90. The van der Waals surface area contributed by atoms with Gasteiger partial charge in [-0.05, 0) is 37.8 Å². The van der Waals surface area contributed by atoms with E-state index in [1.54, 1.807) is 0 Å². The minimum atomic E-state index is -0.139. The third-order valence-electron chi connectivity index (χ3n) is 5.45. The number of nitrogens with zero attached hydrogens (tertiary/aromatic N) is 1. The number of ether oxygens (including phenoxy) is 2. The second-order valence-electron chi connectivity index (χ2n) is 6.95. The molecule has 1 saturated carbocycles. The molecule has 0 amide bonds. The van der Waals surface area contributed by atoms with Crippen LogP contribution in [0.2, 0.25) is 0 Å². The molecule has 1 atom stereocenters. The van der Waals surface area contributed by atoms with Crippen LogP contribution in [0.25, 0.3) is 0 Å². The van der Waals surface area contributed by atoms with Crippen LogP contribution < -0.4 is 4.74 Å². The second-order valence-corrected chi connectivity index (χ2v) is 6.95. The molecule has 1 aliphatic carbocycles. The number of likely N-dealkylation sites (tertiary alicyclic amines) is 1. The van der Waals surface area contributed by atoms with Crippen molar-refractivity contribution >= 4 is 0 Å². The summed E-state index contributed by atoms with van der Waals surface area (Å²) in [6.07, 6.45) is 7.99. The Morgan fingerprint density at radius 2 is 1.95 bits per heavy atom. The van der Waals surface area contributed by atoms with Crippen LogP contribution in [0, 0.1) is 6.92 Å². The van der Waals surface area contributed by atoms with Gasteiger partial charge in [-0.15, -0.1) is 0 Å². The van der Waals surface area contributed by atoms with E-state index in [0.29, 0.717) is 6.61 Å². The summed E-state index contributed by atoms with van der Waals surface area (Å²) in [5.74, 6) is 0.982. The van der Waals surface area contributed by atoms with Crippen LogP contribution >= 0.6 is 0 Å². The third kappa shape index (κ3) is 3.47. The molecule has 22 heavy (non-hydrogen) atoms. The monoisotopic (exact) mass is 303 g/mol. The fourth-order valence-electron chi connectivity index (χ4n) is 3.90. The van der Waals surface area contributed by atoms with Gasteiger partial charge in [0.1, 0.15) is 18.0 Å². The molecular formula is C19H29NO2. The maximum Gasteiger partial charge on any atom is 0.122 e. The Bertz CT molecular complexity index is 484. The molecule has 0 radical (unpaired) electrons. The summed E-state index contributed by atoms with van der Waals surface area (Å²) in [7, 11) is 1.84. The summed E-state index contributed by atoms with van der Waals surface area (Å²) < 4.78 is 12.0. The third-order valence-corrected chi connectivity index (χ3v) is 5.45. The Morgan fingerprint density at radius 3 is 2.68 bits per heavy atom. The van der Waals surface area contributed by atoms with Gasteiger partial charge >= 0.3 is 0 Å². The molecule has 2 fully saturated rings. The summed E-state index contributed by atoms with van der Waals surface area (Å²) in [6, 6.07) is 8.99. The lowest BCUT2D eigenvalue weighted by atomic mass is 9.94. The first-order chi connectivity index (χ1) is 10.7. The summed E-state index contributed by atoms with van der Waals surface area (Å²) in [6.45, 7) is 4.91. The standard InChI is InChI=1S/C19H29NO2/c1-16-8-6-7-11-18(16)22-15-19(21-2)12-13-20(14-19)17-9-4-3-5-10-17/h6-8,11,17H,3-5,9-10,12-15H2,1-2H3. The normalized spacial score (nSPS) is 27.2. The molecule has 1 aromatic rings. The second kappa shape index (κ2) is 7.01. The number of methoxy groups -OCH3 is 1. The highest BCUT2D eigenvalue weighted by molar-refractivity contribution is 5.31. The van der Waals surface area contributed by atoms with Gasteiger partial charge in [0.15, 0.2) is 0 Å².